The van der Waals surface area contributed by atoms with Crippen LogP contribution in [-0.2, 0) is 21.1 Å². The van der Waals surface area contributed by atoms with Crippen LogP contribution in [-0.4, -0.2) is 36.6 Å². The number of aryl methyl sites for hydroxylation is 1. The molecule has 8 nitrogen and oxygen atoms in total. The van der Waals surface area contributed by atoms with Crippen molar-refractivity contribution in [2.24, 2.45) is 0 Å². The average molecular weight is 365 g/mol. The molecule has 0 radical (unpaired) electrons. The number of hydrogen-bond donors (Lipinski definition) is 3. The number of aromatic nitrogens is 2. The summed E-state index contributed by atoms with van der Waals surface area (Å²) < 4.78 is 24.2. The third-order valence-electron chi connectivity index (χ3n) is 3.65. The lowest BCUT2D eigenvalue weighted by atomic mass is 10.1. The van der Waals surface area contributed by atoms with E-state index in [0.717, 1.165) is 0 Å². The van der Waals surface area contributed by atoms with Crippen molar-refractivity contribution in [3.8, 4) is 0 Å². The molecule has 1 amide bonds. The fourth-order valence-corrected chi connectivity index (χ4v) is 3.50. The SMILES string of the molecule is Cc1[nH]c(=O)[nH]c(=O)c1CCC(=O)NCCS(=O)(=O)c1ccccc1. The van der Waals surface area contributed by atoms with E-state index in [0.29, 0.717) is 11.3 Å². The predicted molar refractivity (Wildman–Crippen MR) is 92.2 cm³/mol. The first-order valence-electron chi connectivity index (χ1n) is 7.66. The van der Waals surface area contributed by atoms with Gasteiger partial charge in [-0.05, 0) is 25.5 Å². The van der Waals surface area contributed by atoms with Gasteiger partial charge in [0.1, 0.15) is 0 Å². The molecule has 0 aliphatic heterocycles. The molecule has 1 aromatic carbocycles. The summed E-state index contributed by atoms with van der Waals surface area (Å²) in [6, 6.07) is 8.00. The fourth-order valence-electron chi connectivity index (χ4n) is 2.32. The first-order chi connectivity index (χ1) is 11.8. The average Bonchev–Trinajstić information content (AvgIpc) is 2.54. The first kappa shape index (κ1) is 18.7. The third-order valence-corrected chi connectivity index (χ3v) is 5.38. The molecule has 9 heteroatoms. The molecule has 0 unspecified atom stereocenters. The number of carbonyl (C=O) groups is 1. The highest BCUT2D eigenvalue weighted by Crippen LogP contribution is 2.09. The molecule has 2 rings (SSSR count). The smallest absolute Gasteiger partial charge is 0.325 e. The molecule has 0 spiro atoms. The monoisotopic (exact) mass is 365 g/mol. The van der Waals surface area contributed by atoms with E-state index >= 15 is 0 Å². The third kappa shape index (κ3) is 5.15. The number of sulfone groups is 1. The summed E-state index contributed by atoms with van der Waals surface area (Å²) in [5, 5.41) is 2.53. The van der Waals surface area contributed by atoms with Gasteiger partial charge in [-0.1, -0.05) is 18.2 Å². The highest BCUT2D eigenvalue weighted by Gasteiger charge is 2.14. The van der Waals surface area contributed by atoms with Crippen molar-refractivity contribution < 1.29 is 13.2 Å². The molecule has 0 atom stereocenters. The maximum absolute atomic E-state index is 12.1. The summed E-state index contributed by atoms with van der Waals surface area (Å²) in [7, 11) is -3.45. The molecule has 3 N–H and O–H groups in total. The van der Waals surface area contributed by atoms with E-state index in [2.05, 4.69) is 15.3 Å². The van der Waals surface area contributed by atoms with Gasteiger partial charge in [-0.25, -0.2) is 13.2 Å². The van der Waals surface area contributed by atoms with Crippen molar-refractivity contribution in [3.63, 3.8) is 0 Å². The Bertz CT molecular complexity index is 961. The van der Waals surface area contributed by atoms with Crippen molar-refractivity contribution in [1.29, 1.82) is 0 Å². The van der Waals surface area contributed by atoms with Crippen LogP contribution >= 0.6 is 0 Å². The van der Waals surface area contributed by atoms with E-state index in [9.17, 15) is 22.8 Å². The molecule has 25 heavy (non-hydrogen) atoms. The van der Waals surface area contributed by atoms with Crippen LogP contribution in [0.25, 0.3) is 0 Å². The summed E-state index contributed by atoms with van der Waals surface area (Å²) in [5.41, 5.74) is -0.387. The quantitative estimate of drug-likeness (QED) is 0.631. The number of carbonyl (C=O) groups excluding carboxylic acids is 1. The second kappa shape index (κ2) is 7.93. The topological polar surface area (TPSA) is 129 Å². The van der Waals surface area contributed by atoms with Crippen LogP contribution in [0.3, 0.4) is 0 Å². The highest BCUT2D eigenvalue weighted by molar-refractivity contribution is 7.91. The normalized spacial score (nSPS) is 11.2. The molecule has 0 saturated carbocycles. The summed E-state index contributed by atoms with van der Waals surface area (Å²) in [4.78, 5) is 39.4. The van der Waals surface area contributed by atoms with Gasteiger partial charge in [0, 0.05) is 24.2 Å². The van der Waals surface area contributed by atoms with Crippen LogP contribution in [0.5, 0.6) is 0 Å². The van der Waals surface area contributed by atoms with E-state index in [1.54, 1.807) is 25.1 Å². The Morgan fingerprint density at radius 1 is 1.12 bits per heavy atom. The zero-order valence-corrected chi connectivity index (χ0v) is 14.5. The maximum Gasteiger partial charge on any atom is 0.325 e. The summed E-state index contributed by atoms with van der Waals surface area (Å²) in [6.07, 6.45) is 0.163. The summed E-state index contributed by atoms with van der Waals surface area (Å²) in [5.74, 6) is -0.575. The summed E-state index contributed by atoms with van der Waals surface area (Å²) >= 11 is 0. The van der Waals surface area contributed by atoms with E-state index in [-0.39, 0.29) is 35.9 Å². The van der Waals surface area contributed by atoms with Gasteiger partial charge in [0.2, 0.25) is 5.91 Å². The van der Waals surface area contributed by atoms with Crippen molar-refractivity contribution in [3.05, 3.63) is 62.4 Å². The van der Waals surface area contributed by atoms with Gasteiger partial charge in [-0.3, -0.25) is 14.6 Å². The molecular formula is C16H19N3O5S. The molecule has 134 valence electrons. The number of aromatic amines is 2. The lowest BCUT2D eigenvalue weighted by Crippen LogP contribution is -2.31. The van der Waals surface area contributed by atoms with Gasteiger partial charge >= 0.3 is 5.69 Å². The lowest BCUT2D eigenvalue weighted by molar-refractivity contribution is -0.120. The van der Waals surface area contributed by atoms with Crippen LogP contribution in [0.4, 0.5) is 0 Å². The van der Waals surface area contributed by atoms with Gasteiger partial charge in [0.05, 0.1) is 10.6 Å². The van der Waals surface area contributed by atoms with Crippen LogP contribution in [0.15, 0.2) is 44.8 Å². The van der Waals surface area contributed by atoms with Crippen molar-refractivity contribution in [1.82, 2.24) is 15.3 Å². The number of nitrogens with one attached hydrogen (secondary N) is 3. The van der Waals surface area contributed by atoms with Gasteiger partial charge < -0.3 is 10.3 Å². The van der Waals surface area contributed by atoms with E-state index in [4.69, 9.17) is 0 Å². The first-order valence-corrected chi connectivity index (χ1v) is 9.31. The number of rotatable bonds is 7. The molecule has 0 bridgehead atoms. The number of H-pyrrole nitrogens is 2. The van der Waals surface area contributed by atoms with Crippen molar-refractivity contribution in [2.75, 3.05) is 12.3 Å². The van der Waals surface area contributed by atoms with E-state index < -0.39 is 21.1 Å². The minimum atomic E-state index is -3.45. The van der Waals surface area contributed by atoms with Gasteiger partial charge in [-0.2, -0.15) is 0 Å². The number of amides is 1. The van der Waals surface area contributed by atoms with Crippen LogP contribution in [0.2, 0.25) is 0 Å². The fraction of sp³-hybridized carbons (Fsp3) is 0.312. The molecule has 2 aromatic rings. The molecule has 0 aliphatic rings. The Kier molecular flexibility index (Phi) is 5.92. The van der Waals surface area contributed by atoms with Crippen LogP contribution in [0, 0.1) is 6.92 Å². The van der Waals surface area contributed by atoms with Gasteiger partial charge in [0.25, 0.3) is 5.56 Å². The van der Waals surface area contributed by atoms with Crippen molar-refractivity contribution in [2.45, 2.75) is 24.7 Å². The van der Waals surface area contributed by atoms with Crippen LogP contribution in [0.1, 0.15) is 17.7 Å². The van der Waals surface area contributed by atoms with Gasteiger partial charge in [0.15, 0.2) is 9.84 Å². The lowest BCUT2D eigenvalue weighted by Gasteiger charge is -2.07. The highest BCUT2D eigenvalue weighted by atomic mass is 32.2. The molecule has 0 aliphatic carbocycles. The Labute approximate surface area is 144 Å². The van der Waals surface area contributed by atoms with Crippen molar-refractivity contribution >= 4 is 15.7 Å². The van der Waals surface area contributed by atoms with Crippen LogP contribution < -0.4 is 16.6 Å². The molecule has 0 saturated heterocycles. The number of benzene rings is 1. The minimum absolute atomic E-state index is 0.0152. The van der Waals surface area contributed by atoms with E-state index in [1.165, 1.54) is 12.1 Å². The summed E-state index contributed by atoms with van der Waals surface area (Å²) in [6.45, 7) is 1.56. The molecule has 0 fully saturated rings. The molecular weight excluding hydrogens is 346 g/mol. The Morgan fingerprint density at radius 3 is 2.44 bits per heavy atom. The van der Waals surface area contributed by atoms with E-state index in [1.807, 2.05) is 0 Å². The Hall–Kier alpha value is -2.68. The zero-order chi connectivity index (χ0) is 18.4. The molecule has 1 aromatic heterocycles. The van der Waals surface area contributed by atoms with Gasteiger partial charge in [-0.15, -0.1) is 0 Å². The second-order valence-electron chi connectivity index (χ2n) is 5.49. The number of hydrogen-bond acceptors (Lipinski definition) is 5. The molecule has 1 heterocycles. The Balaban J connectivity index is 1.86. The minimum Gasteiger partial charge on any atom is -0.355 e. The Morgan fingerprint density at radius 2 is 1.80 bits per heavy atom. The standard InChI is InChI=1S/C16H19N3O5S/c1-11-13(15(21)19-16(22)18-11)7-8-14(20)17-9-10-25(23,24)12-5-3-2-4-6-12/h2-6H,7-10H2,1H3,(H,17,20)(H2,18,19,21,22). The predicted octanol–water partition coefficient (Wildman–Crippen LogP) is -0.106. The second-order valence-corrected chi connectivity index (χ2v) is 7.60. The maximum atomic E-state index is 12.1. The largest absolute Gasteiger partial charge is 0.355 e. The zero-order valence-electron chi connectivity index (χ0n) is 13.7.